The van der Waals surface area contributed by atoms with Crippen LogP contribution in [0.3, 0.4) is 0 Å². The van der Waals surface area contributed by atoms with E-state index >= 15 is 0 Å². The molecule has 1 saturated heterocycles. The smallest absolute Gasteiger partial charge is 0.346 e. The van der Waals surface area contributed by atoms with Gasteiger partial charge in [-0.2, -0.15) is 10.1 Å². The van der Waals surface area contributed by atoms with Gasteiger partial charge in [0, 0.05) is 0 Å². The lowest BCUT2D eigenvalue weighted by Crippen LogP contribution is -2.28. The average Bonchev–Trinajstić information content (AvgIpc) is 3.36. The lowest BCUT2D eigenvalue weighted by molar-refractivity contribution is -0.148. The number of halogens is 1. The van der Waals surface area contributed by atoms with Gasteiger partial charge in [-0.15, -0.1) is 0 Å². The number of fused-ring (bicyclic) bond motifs is 5. The van der Waals surface area contributed by atoms with Crippen molar-refractivity contribution in [3.8, 4) is 5.75 Å². The van der Waals surface area contributed by atoms with Crippen molar-refractivity contribution >= 4 is 35.6 Å². The third kappa shape index (κ3) is 2.99. The number of rotatable bonds is 5. The van der Waals surface area contributed by atoms with Crippen LogP contribution in [0.4, 0.5) is 0 Å². The molecule has 3 aliphatic rings. The number of allylic oxidation sites excluding steroid dienone is 2. The average molecular weight is 403 g/mol. The summed E-state index contributed by atoms with van der Waals surface area (Å²) < 4.78 is 10.1. The van der Waals surface area contributed by atoms with Gasteiger partial charge in [0.2, 0.25) is 0 Å². The fourth-order valence-corrected chi connectivity index (χ4v) is 4.46. The standard InChI is InChI=1S/C20H19ClN2O5/c1-10(20(26)27-2)28-15-6-3-11(7-14(15)21)9-22-23-18(24)16-12-4-5-13(8-12)17(16)19(23)25/h3-7,9-10,12-13,16-17H,8H2,1-2H3/t10-,12-,13-,16-,17+/m0/s1. The van der Waals surface area contributed by atoms with Crippen LogP contribution in [0, 0.1) is 23.7 Å². The van der Waals surface area contributed by atoms with Crippen molar-refractivity contribution in [2.24, 2.45) is 28.8 Å². The zero-order valence-electron chi connectivity index (χ0n) is 15.4. The molecule has 0 N–H and O–H groups in total. The van der Waals surface area contributed by atoms with E-state index in [-0.39, 0.29) is 40.5 Å². The van der Waals surface area contributed by atoms with Gasteiger partial charge in [-0.3, -0.25) is 9.59 Å². The molecule has 1 saturated carbocycles. The summed E-state index contributed by atoms with van der Waals surface area (Å²) in [6, 6.07) is 4.85. The summed E-state index contributed by atoms with van der Waals surface area (Å²) in [5.74, 6) is -0.924. The molecule has 28 heavy (non-hydrogen) atoms. The summed E-state index contributed by atoms with van der Waals surface area (Å²) in [4.78, 5) is 36.7. The molecule has 1 aromatic carbocycles. The zero-order valence-corrected chi connectivity index (χ0v) is 16.1. The number of carbonyl (C=O) groups is 3. The molecule has 1 aliphatic heterocycles. The number of benzene rings is 1. The second kappa shape index (κ2) is 7.05. The Kier molecular flexibility index (Phi) is 4.71. The number of esters is 1. The summed E-state index contributed by atoms with van der Waals surface area (Å²) in [5, 5.41) is 5.38. The van der Waals surface area contributed by atoms with Crippen molar-refractivity contribution in [2.75, 3.05) is 7.11 Å². The summed E-state index contributed by atoms with van der Waals surface area (Å²) in [6.07, 6.45) is 5.58. The van der Waals surface area contributed by atoms with Crippen LogP contribution in [0.15, 0.2) is 35.5 Å². The lowest BCUT2D eigenvalue weighted by Gasteiger charge is -2.14. The Hall–Kier alpha value is -2.67. The summed E-state index contributed by atoms with van der Waals surface area (Å²) in [5.41, 5.74) is 0.599. The van der Waals surface area contributed by atoms with Crippen LogP contribution in [0.1, 0.15) is 18.9 Å². The largest absolute Gasteiger partial charge is 0.477 e. The zero-order chi connectivity index (χ0) is 20.0. The van der Waals surface area contributed by atoms with E-state index in [0.717, 1.165) is 11.4 Å². The van der Waals surface area contributed by atoms with Gasteiger partial charge in [0.25, 0.3) is 11.8 Å². The van der Waals surface area contributed by atoms with Gasteiger partial charge < -0.3 is 9.47 Å². The second-order valence-electron chi connectivity index (χ2n) is 7.21. The molecule has 1 aromatic rings. The second-order valence-corrected chi connectivity index (χ2v) is 7.61. The van der Waals surface area contributed by atoms with E-state index in [1.165, 1.54) is 13.3 Å². The number of imide groups is 1. The van der Waals surface area contributed by atoms with Crippen molar-refractivity contribution in [3.05, 3.63) is 40.9 Å². The Morgan fingerprint density at radius 2 is 1.89 bits per heavy atom. The lowest BCUT2D eigenvalue weighted by atomic mass is 9.85. The molecule has 2 aliphatic carbocycles. The van der Waals surface area contributed by atoms with Gasteiger partial charge in [-0.1, -0.05) is 23.8 Å². The van der Waals surface area contributed by atoms with Crippen molar-refractivity contribution in [1.82, 2.24) is 5.01 Å². The molecular weight excluding hydrogens is 384 g/mol. The third-order valence-electron chi connectivity index (χ3n) is 5.56. The molecule has 146 valence electrons. The van der Waals surface area contributed by atoms with E-state index in [1.807, 2.05) is 12.2 Å². The number of hydrogen-bond donors (Lipinski definition) is 0. The first kappa shape index (κ1) is 18.7. The molecule has 4 rings (SSSR count). The number of nitrogens with zero attached hydrogens (tertiary/aromatic N) is 2. The number of methoxy groups -OCH3 is 1. The van der Waals surface area contributed by atoms with E-state index in [2.05, 4.69) is 9.84 Å². The molecule has 8 heteroatoms. The van der Waals surface area contributed by atoms with Crippen molar-refractivity contribution < 1.29 is 23.9 Å². The molecule has 7 nitrogen and oxygen atoms in total. The van der Waals surface area contributed by atoms with Crippen LogP contribution in [0.5, 0.6) is 5.75 Å². The van der Waals surface area contributed by atoms with Crippen LogP contribution in [-0.2, 0) is 19.1 Å². The maximum atomic E-state index is 12.6. The molecular formula is C20H19ClN2O5. The van der Waals surface area contributed by atoms with E-state index in [4.69, 9.17) is 16.3 Å². The maximum Gasteiger partial charge on any atom is 0.346 e. The number of carbonyl (C=O) groups excluding carboxylic acids is 3. The van der Waals surface area contributed by atoms with Crippen LogP contribution >= 0.6 is 11.6 Å². The molecule has 0 spiro atoms. The van der Waals surface area contributed by atoms with E-state index in [1.54, 1.807) is 25.1 Å². The number of hydrogen-bond acceptors (Lipinski definition) is 6. The van der Waals surface area contributed by atoms with Gasteiger partial charge in [-0.25, -0.2) is 4.79 Å². The van der Waals surface area contributed by atoms with Gasteiger partial charge in [0.15, 0.2) is 6.10 Å². The topological polar surface area (TPSA) is 85.3 Å². The number of amides is 2. The van der Waals surface area contributed by atoms with Crippen molar-refractivity contribution in [2.45, 2.75) is 19.4 Å². The fraction of sp³-hybridized carbons (Fsp3) is 0.400. The highest BCUT2D eigenvalue weighted by Crippen LogP contribution is 2.52. The monoisotopic (exact) mass is 402 g/mol. The first-order chi connectivity index (χ1) is 13.4. The summed E-state index contributed by atoms with van der Waals surface area (Å²) >= 11 is 6.20. The molecule has 2 amide bonds. The SMILES string of the molecule is COC(=O)[C@H](C)Oc1ccc(C=NN2C(=O)[C@@H]3[C@H](C2=O)[C@H]2C=C[C@H]3C2)cc1Cl. The number of ether oxygens (including phenoxy) is 2. The minimum absolute atomic E-state index is 0.148. The minimum atomic E-state index is -0.801. The van der Waals surface area contributed by atoms with Gasteiger partial charge in [0.05, 0.1) is 30.2 Å². The molecule has 2 fully saturated rings. The first-order valence-electron chi connectivity index (χ1n) is 9.05. The fourth-order valence-electron chi connectivity index (χ4n) is 4.22. The molecule has 5 atom stereocenters. The Bertz CT molecular complexity index is 882. The highest BCUT2D eigenvalue weighted by molar-refractivity contribution is 6.32. The molecule has 1 heterocycles. The molecule has 0 aromatic heterocycles. The van der Waals surface area contributed by atoms with Crippen molar-refractivity contribution in [3.63, 3.8) is 0 Å². The normalized spacial score (nSPS) is 28.9. The number of hydrazone groups is 1. The predicted octanol–water partition coefficient (Wildman–Crippen LogP) is 2.42. The third-order valence-corrected chi connectivity index (χ3v) is 5.86. The van der Waals surface area contributed by atoms with E-state index in [0.29, 0.717) is 11.3 Å². The van der Waals surface area contributed by atoms with Crippen LogP contribution in [0.2, 0.25) is 5.02 Å². The maximum absolute atomic E-state index is 12.6. The van der Waals surface area contributed by atoms with E-state index < -0.39 is 12.1 Å². The van der Waals surface area contributed by atoms with Gasteiger partial charge in [0.1, 0.15) is 5.75 Å². The van der Waals surface area contributed by atoms with E-state index in [9.17, 15) is 14.4 Å². The summed E-state index contributed by atoms with van der Waals surface area (Å²) in [7, 11) is 1.28. The van der Waals surface area contributed by atoms with Gasteiger partial charge in [-0.05, 0) is 48.9 Å². The highest BCUT2D eigenvalue weighted by Gasteiger charge is 2.59. The quantitative estimate of drug-likeness (QED) is 0.327. The predicted molar refractivity (Wildman–Crippen MR) is 101 cm³/mol. The summed E-state index contributed by atoms with van der Waals surface area (Å²) in [6.45, 7) is 1.56. The first-order valence-corrected chi connectivity index (χ1v) is 9.42. The Morgan fingerprint density at radius 3 is 2.46 bits per heavy atom. The van der Waals surface area contributed by atoms with Crippen molar-refractivity contribution in [1.29, 1.82) is 0 Å². The molecule has 0 radical (unpaired) electrons. The van der Waals surface area contributed by atoms with Crippen LogP contribution < -0.4 is 4.74 Å². The Labute approximate surface area is 166 Å². The van der Waals surface area contributed by atoms with Crippen LogP contribution in [-0.4, -0.2) is 42.2 Å². The molecule has 2 bridgehead atoms. The Balaban J connectivity index is 1.47. The Morgan fingerprint density at radius 1 is 1.25 bits per heavy atom. The van der Waals surface area contributed by atoms with Gasteiger partial charge >= 0.3 is 5.97 Å². The highest BCUT2D eigenvalue weighted by atomic mass is 35.5. The van der Waals surface area contributed by atoms with Crippen LogP contribution in [0.25, 0.3) is 0 Å². The molecule has 0 unspecified atom stereocenters. The minimum Gasteiger partial charge on any atom is -0.477 e.